The van der Waals surface area contributed by atoms with E-state index in [2.05, 4.69) is 32.0 Å². The molecule has 3 heteroatoms. The van der Waals surface area contributed by atoms with E-state index in [1.165, 1.54) is 64.2 Å². The second-order valence-corrected chi connectivity index (χ2v) is 13.2. The number of allylic oxidation sites excluding steroid dienone is 1. The lowest BCUT2D eigenvalue weighted by atomic mass is 9.42. The molecule has 0 aromatic carbocycles. The summed E-state index contributed by atoms with van der Waals surface area (Å²) in [4.78, 5) is 11.9. The van der Waals surface area contributed by atoms with Crippen molar-refractivity contribution in [2.75, 3.05) is 0 Å². The zero-order chi connectivity index (χ0) is 22.5. The third kappa shape index (κ3) is 3.83. The van der Waals surface area contributed by atoms with Gasteiger partial charge in [0.25, 0.3) is 0 Å². The van der Waals surface area contributed by atoms with Crippen LogP contribution < -0.4 is 0 Å². The summed E-state index contributed by atoms with van der Waals surface area (Å²) in [6.45, 7) is 7.61. The van der Waals surface area contributed by atoms with Gasteiger partial charge in [-0.15, -0.1) is 0 Å². The largest absolute Gasteiger partial charge is 0.393 e. The molecule has 0 aromatic rings. The first kappa shape index (κ1) is 23.1. The number of fused-ring (bicyclic) bond motifs is 5. The van der Waals surface area contributed by atoms with Gasteiger partial charge in [-0.05, 0) is 104 Å². The van der Waals surface area contributed by atoms with E-state index in [1.807, 2.05) is 0 Å². The molecule has 4 saturated carbocycles. The van der Waals surface area contributed by atoms with Crippen LogP contribution in [0, 0.1) is 51.2 Å². The lowest BCUT2D eigenvalue weighted by molar-refractivity contribution is -0.115. The van der Waals surface area contributed by atoms with Gasteiger partial charge in [-0.2, -0.15) is 4.91 Å². The molecule has 9 unspecified atom stereocenters. The highest BCUT2D eigenvalue weighted by molar-refractivity contribution is 5.25. The van der Waals surface area contributed by atoms with Gasteiger partial charge in [0.05, 0.1) is 12.1 Å². The fourth-order valence-electron chi connectivity index (χ4n) is 9.90. The van der Waals surface area contributed by atoms with Gasteiger partial charge in [-0.3, -0.25) is 0 Å². The first-order valence-corrected chi connectivity index (χ1v) is 14.0. The van der Waals surface area contributed by atoms with Crippen molar-refractivity contribution in [1.82, 2.24) is 0 Å². The predicted molar refractivity (Wildman–Crippen MR) is 131 cm³/mol. The molecular formula is C29H47NO2. The van der Waals surface area contributed by atoms with Crippen molar-refractivity contribution in [1.29, 1.82) is 0 Å². The molecule has 0 amide bonds. The highest BCUT2D eigenvalue weighted by Gasteiger charge is 2.58. The number of hydrogen-bond acceptors (Lipinski definition) is 3. The average molecular weight is 442 g/mol. The Bertz CT molecular complexity index is 727. The molecule has 1 N–H and O–H groups in total. The summed E-state index contributed by atoms with van der Waals surface area (Å²) < 4.78 is 0. The van der Waals surface area contributed by atoms with Crippen LogP contribution in [0.3, 0.4) is 0 Å². The van der Waals surface area contributed by atoms with Gasteiger partial charge in [-0.25, -0.2) is 0 Å². The Labute approximate surface area is 196 Å². The summed E-state index contributed by atoms with van der Waals surface area (Å²) in [6.07, 6.45) is 19.5. The van der Waals surface area contributed by atoms with Gasteiger partial charge in [0, 0.05) is 0 Å². The highest BCUT2D eigenvalue weighted by atomic mass is 16.3. The number of nitrogens with zero attached hydrogens (tertiary/aromatic N) is 1. The Morgan fingerprint density at radius 1 is 1.03 bits per heavy atom. The second-order valence-electron chi connectivity index (χ2n) is 13.2. The van der Waals surface area contributed by atoms with Crippen LogP contribution in [-0.4, -0.2) is 17.3 Å². The molecular weight excluding hydrogens is 394 g/mol. The van der Waals surface area contributed by atoms with Crippen LogP contribution in [0.4, 0.5) is 0 Å². The minimum absolute atomic E-state index is 0.0362. The molecule has 0 bridgehead atoms. The summed E-state index contributed by atoms with van der Waals surface area (Å²) in [5.41, 5.74) is 2.26. The van der Waals surface area contributed by atoms with Crippen LogP contribution in [0.15, 0.2) is 16.8 Å². The zero-order valence-electron chi connectivity index (χ0n) is 20.9. The quantitative estimate of drug-likeness (QED) is 0.351. The van der Waals surface area contributed by atoms with Crippen LogP contribution in [-0.2, 0) is 0 Å². The molecule has 5 aliphatic carbocycles. The molecule has 9 atom stereocenters. The Hall–Kier alpha value is -0.700. The molecule has 0 aromatic heterocycles. The van der Waals surface area contributed by atoms with E-state index >= 15 is 0 Å². The van der Waals surface area contributed by atoms with Gasteiger partial charge < -0.3 is 5.11 Å². The minimum atomic E-state index is -0.118. The molecule has 5 aliphatic rings. The van der Waals surface area contributed by atoms with Crippen molar-refractivity contribution >= 4 is 0 Å². The number of aliphatic hydroxyl groups is 1. The van der Waals surface area contributed by atoms with E-state index in [1.54, 1.807) is 5.57 Å². The Kier molecular flexibility index (Phi) is 6.36. The maximum atomic E-state index is 11.9. The highest BCUT2D eigenvalue weighted by Crippen LogP contribution is 2.66. The van der Waals surface area contributed by atoms with Crippen molar-refractivity contribution in [3.8, 4) is 0 Å². The topological polar surface area (TPSA) is 49.7 Å². The summed E-state index contributed by atoms with van der Waals surface area (Å²) in [6, 6.07) is 0.0362. The fourth-order valence-corrected chi connectivity index (χ4v) is 9.90. The summed E-state index contributed by atoms with van der Waals surface area (Å²) in [7, 11) is 0. The third-order valence-corrected chi connectivity index (χ3v) is 11.7. The number of rotatable bonds is 5. The fraction of sp³-hybridized carbons (Fsp3) is 0.931. The van der Waals surface area contributed by atoms with Gasteiger partial charge >= 0.3 is 0 Å². The third-order valence-electron chi connectivity index (χ3n) is 11.7. The zero-order valence-corrected chi connectivity index (χ0v) is 20.9. The van der Waals surface area contributed by atoms with E-state index < -0.39 is 0 Å². The Morgan fingerprint density at radius 2 is 1.81 bits per heavy atom. The molecule has 32 heavy (non-hydrogen) atoms. The maximum absolute atomic E-state index is 11.9. The lowest BCUT2D eigenvalue weighted by Gasteiger charge is -2.63. The standard InChI is InChI=1S/C29H47NO2/c1-19-8-11-25-24-10-9-21-17-23(31)12-14-28(21,2)26(24)13-15-29(25,3)27(19)18-22(30-32)16-20-6-4-5-7-20/h9,19-20,22-27,31H,4-8,10-18H2,1-3H3. The van der Waals surface area contributed by atoms with Crippen molar-refractivity contribution < 1.29 is 5.11 Å². The predicted octanol–water partition coefficient (Wildman–Crippen LogP) is 7.67. The van der Waals surface area contributed by atoms with Gasteiger partial charge in [0.1, 0.15) is 0 Å². The van der Waals surface area contributed by atoms with Gasteiger partial charge in [0.2, 0.25) is 0 Å². The van der Waals surface area contributed by atoms with Crippen LogP contribution in [0.25, 0.3) is 0 Å². The lowest BCUT2D eigenvalue weighted by Crippen LogP contribution is -2.55. The molecule has 3 nitrogen and oxygen atoms in total. The van der Waals surface area contributed by atoms with E-state index in [9.17, 15) is 10.0 Å². The van der Waals surface area contributed by atoms with Crippen molar-refractivity contribution in [3.63, 3.8) is 0 Å². The van der Waals surface area contributed by atoms with E-state index in [4.69, 9.17) is 0 Å². The van der Waals surface area contributed by atoms with Crippen LogP contribution >= 0.6 is 0 Å². The van der Waals surface area contributed by atoms with Gasteiger partial charge in [0.15, 0.2) is 0 Å². The average Bonchev–Trinajstić information content (AvgIpc) is 3.28. The Balaban J connectivity index is 1.36. The minimum Gasteiger partial charge on any atom is -0.393 e. The summed E-state index contributed by atoms with van der Waals surface area (Å²) in [5.74, 6) is 4.50. The van der Waals surface area contributed by atoms with Crippen molar-refractivity contribution in [2.45, 2.75) is 123 Å². The number of aliphatic hydroxyl groups excluding tert-OH is 1. The van der Waals surface area contributed by atoms with E-state index in [0.717, 1.165) is 55.3 Å². The van der Waals surface area contributed by atoms with E-state index in [-0.39, 0.29) is 12.1 Å². The van der Waals surface area contributed by atoms with Crippen LogP contribution in [0.1, 0.15) is 111 Å². The molecule has 0 radical (unpaired) electrons. The SMILES string of the molecule is CC1CCC2C3CC=C4CC(O)CCC4(C)C3CCC2(C)C1CC(CC1CCCC1)N=O. The van der Waals surface area contributed by atoms with Crippen molar-refractivity contribution in [3.05, 3.63) is 16.6 Å². The maximum Gasteiger partial charge on any atom is 0.0925 e. The summed E-state index contributed by atoms with van der Waals surface area (Å²) in [5, 5.41) is 14.0. The first-order valence-electron chi connectivity index (χ1n) is 14.0. The number of nitroso groups, excluding NO2 is 1. The van der Waals surface area contributed by atoms with E-state index in [0.29, 0.717) is 16.7 Å². The van der Waals surface area contributed by atoms with Gasteiger partial charge in [-0.1, -0.05) is 69.7 Å². The molecule has 0 spiro atoms. The van der Waals surface area contributed by atoms with Crippen LogP contribution in [0.5, 0.6) is 0 Å². The molecule has 0 aliphatic heterocycles. The molecule has 5 rings (SSSR count). The second kappa shape index (κ2) is 8.82. The van der Waals surface area contributed by atoms with Crippen LogP contribution in [0.2, 0.25) is 0 Å². The molecule has 4 fully saturated rings. The molecule has 0 heterocycles. The van der Waals surface area contributed by atoms with Crippen molar-refractivity contribution in [2.24, 2.45) is 51.5 Å². The molecule has 0 saturated heterocycles. The smallest absolute Gasteiger partial charge is 0.0925 e. The monoisotopic (exact) mass is 441 g/mol. The normalized spacial score (nSPS) is 47.7. The first-order chi connectivity index (χ1) is 15.3. The molecule has 180 valence electrons. The Morgan fingerprint density at radius 3 is 2.56 bits per heavy atom. The summed E-state index contributed by atoms with van der Waals surface area (Å²) >= 11 is 0. The number of hydrogen-bond donors (Lipinski definition) is 1.